The summed E-state index contributed by atoms with van der Waals surface area (Å²) in [5, 5.41) is 11.5. The molecule has 1 amide bonds. The molecule has 0 saturated carbocycles. The van der Waals surface area contributed by atoms with Gasteiger partial charge in [-0.05, 0) is 32.4 Å². The highest BCUT2D eigenvalue weighted by molar-refractivity contribution is 5.95. The average molecular weight is 296 g/mol. The molecule has 2 N–H and O–H groups in total. The summed E-state index contributed by atoms with van der Waals surface area (Å²) in [6.07, 6.45) is 1.67. The Bertz CT molecular complexity index is 521. The van der Waals surface area contributed by atoms with Crippen LogP contribution < -0.4 is 5.32 Å². The lowest BCUT2D eigenvalue weighted by Gasteiger charge is -2.16. The van der Waals surface area contributed by atoms with E-state index in [0.717, 1.165) is 0 Å². The maximum absolute atomic E-state index is 12.1. The molecule has 1 aromatic heterocycles. The number of esters is 1. The first-order valence-electron chi connectivity index (χ1n) is 6.64. The number of carbonyl (C=O) groups excluding carboxylic acids is 2. The van der Waals surface area contributed by atoms with Crippen LogP contribution in [0.5, 0.6) is 0 Å². The van der Waals surface area contributed by atoms with Crippen molar-refractivity contribution >= 4 is 17.8 Å². The van der Waals surface area contributed by atoms with Crippen LogP contribution in [-0.4, -0.2) is 40.7 Å². The Balaban J connectivity index is 2.74. The van der Waals surface area contributed by atoms with Crippen LogP contribution in [0, 0.1) is 0 Å². The fourth-order valence-electron chi connectivity index (χ4n) is 1.89. The van der Waals surface area contributed by atoms with Gasteiger partial charge in [0.1, 0.15) is 11.7 Å². The lowest BCUT2D eigenvalue weighted by atomic mass is 10.1. The lowest BCUT2D eigenvalue weighted by Crippen LogP contribution is -2.41. The summed E-state index contributed by atoms with van der Waals surface area (Å²) < 4.78 is 6.20. The number of rotatable bonds is 7. The lowest BCUT2D eigenvalue weighted by molar-refractivity contribution is -0.142. The highest BCUT2D eigenvalue weighted by Crippen LogP contribution is 2.11. The Labute approximate surface area is 122 Å². The van der Waals surface area contributed by atoms with Gasteiger partial charge in [0.25, 0.3) is 5.91 Å². The van der Waals surface area contributed by atoms with Crippen LogP contribution in [0.2, 0.25) is 0 Å². The SMILES string of the molecule is COC(=O)CCC(NC(=O)c1cccn1C(C)C)C(=O)O. The zero-order valence-electron chi connectivity index (χ0n) is 12.3. The molecule has 7 nitrogen and oxygen atoms in total. The molecule has 7 heteroatoms. The summed E-state index contributed by atoms with van der Waals surface area (Å²) in [6.45, 7) is 3.84. The first kappa shape index (κ1) is 16.7. The van der Waals surface area contributed by atoms with E-state index < -0.39 is 23.9 Å². The smallest absolute Gasteiger partial charge is 0.326 e. The highest BCUT2D eigenvalue weighted by Gasteiger charge is 2.23. The number of hydrogen-bond donors (Lipinski definition) is 2. The van der Waals surface area contributed by atoms with Gasteiger partial charge < -0.3 is 19.7 Å². The third kappa shape index (κ3) is 4.62. The maximum atomic E-state index is 12.1. The summed E-state index contributed by atoms with van der Waals surface area (Å²) in [7, 11) is 1.23. The van der Waals surface area contributed by atoms with Crippen molar-refractivity contribution in [2.24, 2.45) is 0 Å². The van der Waals surface area contributed by atoms with Crippen molar-refractivity contribution in [3.63, 3.8) is 0 Å². The van der Waals surface area contributed by atoms with Crippen LogP contribution in [-0.2, 0) is 14.3 Å². The van der Waals surface area contributed by atoms with E-state index in [1.807, 2.05) is 13.8 Å². The molecule has 0 aliphatic carbocycles. The number of aromatic nitrogens is 1. The molecule has 1 rings (SSSR count). The van der Waals surface area contributed by atoms with Crippen LogP contribution >= 0.6 is 0 Å². The van der Waals surface area contributed by atoms with E-state index in [2.05, 4.69) is 10.1 Å². The molecule has 1 heterocycles. The number of amides is 1. The minimum atomic E-state index is -1.19. The molecule has 0 radical (unpaired) electrons. The number of nitrogens with one attached hydrogen (secondary N) is 1. The number of carbonyl (C=O) groups is 3. The molecule has 0 aliphatic rings. The van der Waals surface area contributed by atoms with Gasteiger partial charge in [-0.3, -0.25) is 9.59 Å². The molecule has 0 bridgehead atoms. The Morgan fingerprint density at radius 2 is 2.05 bits per heavy atom. The van der Waals surface area contributed by atoms with E-state index >= 15 is 0 Å². The van der Waals surface area contributed by atoms with Gasteiger partial charge in [0.05, 0.1) is 7.11 Å². The molecule has 0 aromatic carbocycles. The standard InChI is InChI=1S/C14H20N2O5/c1-9(2)16-8-4-5-11(16)13(18)15-10(14(19)20)6-7-12(17)21-3/h4-5,8-10H,6-7H2,1-3H3,(H,15,18)(H,19,20). The average Bonchev–Trinajstić information content (AvgIpc) is 2.91. The highest BCUT2D eigenvalue weighted by atomic mass is 16.5. The van der Waals surface area contributed by atoms with Crippen LogP contribution in [0.25, 0.3) is 0 Å². The van der Waals surface area contributed by atoms with Crippen molar-refractivity contribution in [3.8, 4) is 0 Å². The molecule has 1 unspecified atom stereocenters. The predicted octanol–water partition coefficient (Wildman–Crippen LogP) is 1.21. The van der Waals surface area contributed by atoms with Crippen molar-refractivity contribution in [1.29, 1.82) is 0 Å². The van der Waals surface area contributed by atoms with Crippen LogP contribution in [0.15, 0.2) is 18.3 Å². The third-order valence-corrected chi connectivity index (χ3v) is 3.04. The molecule has 1 atom stereocenters. The van der Waals surface area contributed by atoms with Gasteiger partial charge >= 0.3 is 11.9 Å². The van der Waals surface area contributed by atoms with E-state index in [1.54, 1.807) is 22.9 Å². The van der Waals surface area contributed by atoms with Crippen molar-refractivity contribution < 1.29 is 24.2 Å². The van der Waals surface area contributed by atoms with Crippen LogP contribution in [0.4, 0.5) is 0 Å². The second-order valence-electron chi connectivity index (χ2n) is 4.87. The summed E-state index contributed by atoms with van der Waals surface area (Å²) >= 11 is 0. The number of aliphatic carboxylic acids is 1. The van der Waals surface area contributed by atoms with Crippen molar-refractivity contribution in [2.75, 3.05) is 7.11 Å². The molecule has 0 fully saturated rings. The largest absolute Gasteiger partial charge is 0.480 e. The van der Waals surface area contributed by atoms with E-state index in [9.17, 15) is 14.4 Å². The Morgan fingerprint density at radius 3 is 2.57 bits per heavy atom. The van der Waals surface area contributed by atoms with Gasteiger partial charge in [-0.2, -0.15) is 0 Å². The number of ether oxygens (including phenoxy) is 1. The Hall–Kier alpha value is -2.31. The maximum Gasteiger partial charge on any atom is 0.326 e. The normalized spacial score (nSPS) is 12.0. The van der Waals surface area contributed by atoms with Crippen LogP contribution in [0.3, 0.4) is 0 Å². The van der Waals surface area contributed by atoms with Gasteiger partial charge in [-0.1, -0.05) is 0 Å². The molecular formula is C14H20N2O5. The number of nitrogens with zero attached hydrogens (tertiary/aromatic N) is 1. The minimum absolute atomic E-state index is 0.0177. The monoisotopic (exact) mass is 296 g/mol. The number of carboxylic acid groups (broad SMARTS) is 1. The van der Waals surface area contributed by atoms with Crippen molar-refractivity contribution in [3.05, 3.63) is 24.0 Å². The summed E-state index contributed by atoms with van der Waals surface area (Å²) in [4.78, 5) is 34.4. The molecule has 116 valence electrons. The van der Waals surface area contributed by atoms with E-state index in [0.29, 0.717) is 5.69 Å². The van der Waals surface area contributed by atoms with Crippen molar-refractivity contribution in [1.82, 2.24) is 9.88 Å². The Morgan fingerprint density at radius 1 is 1.38 bits per heavy atom. The molecule has 0 spiro atoms. The van der Waals surface area contributed by atoms with Gasteiger partial charge in [0, 0.05) is 18.7 Å². The predicted molar refractivity (Wildman–Crippen MR) is 75.0 cm³/mol. The van der Waals surface area contributed by atoms with Crippen LogP contribution in [0.1, 0.15) is 43.2 Å². The quantitative estimate of drug-likeness (QED) is 0.737. The summed E-state index contributed by atoms with van der Waals surface area (Å²) in [5.41, 5.74) is 0.384. The Kier molecular flexibility index (Phi) is 5.95. The number of carboxylic acids is 1. The van der Waals surface area contributed by atoms with Gasteiger partial charge in [-0.25, -0.2) is 4.79 Å². The first-order chi connectivity index (χ1) is 9.86. The molecule has 0 aliphatic heterocycles. The topological polar surface area (TPSA) is 97.6 Å². The van der Waals surface area contributed by atoms with E-state index in [-0.39, 0.29) is 18.9 Å². The zero-order chi connectivity index (χ0) is 16.0. The summed E-state index contributed by atoms with van der Waals surface area (Å²) in [5.74, 6) is -2.18. The molecular weight excluding hydrogens is 276 g/mol. The van der Waals surface area contributed by atoms with Crippen molar-refractivity contribution in [2.45, 2.75) is 38.8 Å². The zero-order valence-corrected chi connectivity index (χ0v) is 12.3. The fourth-order valence-corrected chi connectivity index (χ4v) is 1.89. The summed E-state index contributed by atoms with van der Waals surface area (Å²) in [6, 6.07) is 2.29. The third-order valence-electron chi connectivity index (χ3n) is 3.04. The van der Waals surface area contributed by atoms with Gasteiger partial charge in [0.15, 0.2) is 0 Å². The van der Waals surface area contributed by atoms with E-state index in [4.69, 9.17) is 5.11 Å². The van der Waals surface area contributed by atoms with Gasteiger partial charge in [0.2, 0.25) is 0 Å². The molecule has 21 heavy (non-hydrogen) atoms. The minimum Gasteiger partial charge on any atom is -0.480 e. The van der Waals surface area contributed by atoms with E-state index in [1.165, 1.54) is 7.11 Å². The second-order valence-corrected chi connectivity index (χ2v) is 4.87. The first-order valence-corrected chi connectivity index (χ1v) is 6.64. The second kappa shape index (κ2) is 7.47. The number of methoxy groups -OCH3 is 1. The molecule has 1 aromatic rings. The fraction of sp³-hybridized carbons (Fsp3) is 0.500. The van der Waals surface area contributed by atoms with Gasteiger partial charge in [-0.15, -0.1) is 0 Å². The molecule has 0 saturated heterocycles. The number of hydrogen-bond acceptors (Lipinski definition) is 4.